The van der Waals surface area contributed by atoms with Gasteiger partial charge in [-0.1, -0.05) is 34.5 Å². The average molecular weight is 408 g/mol. The van der Waals surface area contributed by atoms with Crippen LogP contribution in [-0.4, -0.2) is 49.0 Å². The van der Waals surface area contributed by atoms with E-state index in [1.165, 1.54) is 10.9 Å². The van der Waals surface area contributed by atoms with Gasteiger partial charge in [-0.2, -0.15) is 8.42 Å². The Labute approximate surface area is 154 Å². The Morgan fingerprint density at radius 2 is 2.24 bits per heavy atom. The minimum Gasteiger partial charge on any atom is -0.342 e. The molecule has 0 radical (unpaired) electrons. The molecule has 2 unspecified atom stereocenters. The summed E-state index contributed by atoms with van der Waals surface area (Å²) >= 11 is 12.3. The van der Waals surface area contributed by atoms with Gasteiger partial charge in [0.2, 0.25) is 5.79 Å². The van der Waals surface area contributed by atoms with Crippen LogP contribution in [0, 0.1) is 0 Å². The van der Waals surface area contributed by atoms with Crippen LogP contribution in [0.1, 0.15) is 5.56 Å². The summed E-state index contributed by atoms with van der Waals surface area (Å²) in [7, 11) is -3.58. The standard InChI is InChI=1S/C14H15Cl2N3O5S/c1-25(20,21)23-8-11-7-22-14(24-11,9-19-5-4-17-18-19)12-3-2-10(15)6-13(12)16/h2-6,11H,7-9H2,1H3. The van der Waals surface area contributed by atoms with Crippen LogP contribution in [0.4, 0.5) is 0 Å². The number of halogens is 2. The molecule has 1 aromatic heterocycles. The van der Waals surface area contributed by atoms with Crippen LogP contribution in [0.2, 0.25) is 10.0 Å². The number of ether oxygens (including phenoxy) is 2. The second kappa shape index (κ2) is 7.18. The van der Waals surface area contributed by atoms with E-state index in [4.69, 9.17) is 36.9 Å². The van der Waals surface area contributed by atoms with E-state index in [-0.39, 0.29) is 19.8 Å². The molecule has 11 heteroatoms. The lowest BCUT2D eigenvalue weighted by Crippen LogP contribution is -2.35. The number of benzene rings is 1. The van der Waals surface area contributed by atoms with Gasteiger partial charge in [0.25, 0.3) is 10.1 Å². The van der Waals surface area contributed by atoms with Crippen molar-refractivity contribution in [2.24, 2.45) is 0 Å². The lowest BCUT2D eigenvalue weighted by Gasteiger charge is -2.29. The van der Waals surface area contributed by atoms with E-state index in [0.29, 0.717) is 15.6 Å². The van der Waals surface area contributed by atoms with Crippen LogP contribution in [0.15, 0.2) is 30.6 Å². The van der Waals surface area contributed by atoms with E-state index in [1.54, 1.807) is 24.4 Å². The van der Waals surface area contributed by atoms with Gasteiger partial charge in [-0.25, -0.2) is 4.68 Å². The molecule has 2 aromatic rings. The topological polar surface area (TPSA) is 92.5 Å². The molecule has 2 heterocycles. The minimum atomic E-state index is -3.58. The van der Waals surface area contributed by atoms with Crippen molar-refractivity contribution in [3.8, 4) is 0 Å². The first kappa shape index (κ1) is 18.6. The zero-order chi connectivity index (χ0) is 18.1. The molecule has 1 aliphatic rings. The lowest BCUT2D eigenvalue weighted by molar-refractivity contribution is -0.190. The Balaban J connectivity index is 1.88. The second-order valence-corrected chi connectivity index (χ2v) is 8.00. The zero-order valence-corrected chi connectivity index (χ0v) is 15.5. The normalized spacial score (nSPS) is 23.9. The van der Waals surface area contributed by atoms with Gasteiger partial charge in [-0.05, 0) is 12.1 Å². The van der Waals surface area contributed by atoms with Gasteiger partial charge < -0.3 is 9.47 Å². The highest BCUT2D eigenvalue weighted by Crippen LogP contribution is 2.40. The first-order chi connectivity index (χ1) is 11.8. The zero-order valence-electron chi connectivity index (χ0n) is 13.1. The predicted molar refractivity (Wildman–Crippen MR) is 89.8 cm³/mol. The van der Waals surface area contributed by atoms with E-state index in [2.05, 4.69) is 10.3 Å². The molecule has 0 aliphatic carbocycles. The second-order valence-electron chi connectivity index (χ2n) is 5.52. The molecule has 1 aromatic carbocycles. The smallest absolute Gasteiger partial charge is 0.264 e. The molecule has 25 heavy (non-hydrogen) atoms. The summed E-state index contributed by atoms with van der Waals surface area (Å²) < 4.78 is 40.6. The summed E-state index contributed by atoms with van der Waals surface area (Å²) in [5, 5.41) is 8.51. The molecule has 0 spiro atoms. The number of nitrogens with zero attached hydrogens (tertiary/aromatic N) is 3. The summed E-state index contributed by atoms with van der Waals surface area (Å²) in [5.41, 5.74) is 0.552. The van der Waals surface area contributed by atoms with Crippen LogP contribution in [0.3, 0.4) is 0 Å². The molecule has 0 N–H and O–H groups in total. The van der Waals surface area contributed by atoms with Crippen molar-refractivity contribution in [3.63, 3.8) is 0 Å². The third-order valence-corrected chi connectivity index (χ3v) is 4.62. The largest absolute Gasteiger partial charge is 0.342 e. The highest BCUT2D eigenvalue weighted by molar-refractivity contribution is 7.85. The van der Waals surface area contributed by atoms with E-state index in [1.807, 2.05) is 0 Å². The fraction of sp³-hybridized carbons (Fsp3) is 0.429. The molecule has 0 bridgehead atoms. The third kappa shape index (κ3) is 4.49. The summed E-state index contributed by atoms with van der Waals surface area (Å²) in [5.74, 6) is -1.26. The summed E-state index contributed by atoms with van der Waals surface area (Å²) in [4.78, 5) is 0. The summed E-state index contributed by atoms with van der Waals surface area (Å²) in [6.45, 7) is 0.135. The Morgan fingerprint density at radius 1 is 1.44 bits per heavy atom. The molecule has 0 saturated carbocycles. The van der Waals surface area contributed by atoms with Gasteiger partial charge in [0.1, 0.15) is 12.6 Å². The summed E-state index contributed by atoms with van der Waals surface area (Å²) in [6.07, 6.45) is 3.56. The molecule has 1 aliphatic heterocycles. The molecule has 2 atom stereocenters. The van der Waals surface area contributed by atoms with Crippen LogP contribution < -0.4 is 0 Å². The number of hydrogen-bond acceptors (Lipinski definition) is 7. The SMILES string of the molecule is CS(=O)(=O)OCC1COC(Cn2ccnn2)(c2ccc(Cl)cc2Cl)O1. The van der Waals surface area contributed by atoms with E-state index < -0.39 is 22.0 Å². The van der Waals surface area contributed by atoms with E-state index in [9.17, 15) is 8.42 Å². The molecule has 1 saturated heterocycles. The Morgan fingerprint density at radius 3 is 2.88 bits per heavy atom. The molecule has 8 nitrogen and oxygen atoms in total. The fourth-order valence-corrected chi connectivity index (χ4v) is 3.44. The Kier molecular flexibility index (Phi) is 5.33. The number of aromatic nitrogens is 3. The molecule has 3 rings (SSSR count). The van der Waals surface area contributed by atoms with Gasteiger partial charge in [0, 0.05) is 16.8 Å². The minimum absolute atomic E-state index is 0.128. The van der Waals surface area contributed by atoms with Gasteiger partial charge >= 0.3 is 0 Å². The van der Waals surface area contributed by atoms with Crippen molar-refractivity contribution in [1.82, 2.24) is 15.0 Å². The summed E-state index contributed by atoms with van der Waals surface area (Å²) in [6, 6.07) is 4.94. The van der Waals surface area contributed by atoms with Crippen molar-refractivity contribution in [2.75, 3.05) is 19.5 Å². The highest BCUT2D eigenvalue weighted by Gasteiger charge is 2.45. The maximum absolute atomic E-state index is 11.2. The third-order valence-electron chi connectivity index (χ3n) is 3.51. The first-order valence-electron chi connectivity index (χ1n) is 7.23. The molecular weight excluding hydrogens is 393 g/mol. The molecule has 1 fully saturated rings. The highest BCUT2D eigenvalue weighted by atomic mass is 35.5. The van der Waals surface area contributed by atoms with E-state index >= 15 is 0 Å². The van der Waals surface area contributed by atoms with Crippen LogP contribution in [0.5, 0.6) is 0 Å². The van der Waals surface area contributed by atoms with Gasteiger partial charge in [-0.3, -0.25) is 4.18 Å². The van der Waals surface area contributed by atoms with Crippen molar-refractivity contribution in [1.29, 1.82) is 0 Å². The van der Waals surface area contributed by atoms with Gasteiger partial charge in [0.15, 0.2) is 0 Å². The van der Waals surface area contributed by atoms with Crippen LogP contribution >= 0.6 is 23.2 Å². The number of hydrogen-bond donors (Lipinski definition) is 0. The Hall–Kier alpha value is -1.23. The molecule has 0 amide bonds. The maximum Gasteiger partial charge on any atom is 0.264 e. The number of rotatable bonds is 6. The van der Waals surface area contributed by atoms with Crippen LogP contribution in [0.25, 0.3) is 0 Å². The predicted octanol–water partition coefficient (Wildman–Crippen LogP) is 1.83. The average Bonchev–Trinajstić information content (AvgIpc) is 3.15. The fourth-order valence-electron chi connectivity index (χ4n) is 2.48. The Bertz CT molecular complexity index is 846. The molecule has 136 valence electrons. The maximum atomic E-state index is 11.2. The van der Waals surface area contributed by atoms with Crippen molar-refractivity contribution < 1.29 is 22.1 Å². The van der Waals surface area contributed by atoms with Crippen molar-refractivity contribution in [3.05, 3.63) is 46.2 Å². The van der Waals surface area contributed by atoms with Crippen molar-refractivity contribution in [2.45, 2.75) is 18.4 Å². The van der Waals surface area contributed by atoms with Crippen molar-refractivity contribution >= 4 is 33.3 Å². The molecular formula is C14H15Cl2N3O5S. The monoisotopic (exact) mass is 407 g/mol. The van der Waals surface area contributed by atoms with Gasteiger partial charge in [0.05, 0.1) is 30.7 Å². The quantitative estimate of drug-likeness (QED) is 0.674. The first-order valence-corrected chi connectivity index (χ1v) is 9.80. The van der Waals surface area contributed by atoms with Gasteiger partial charge in [-0.15, -0.1) is 5.10 Å². The van der Waals surface area contributed by atoms with E-state index in [0.717, 1.165) is 6.26 Å². The lowest BCUT2D eigenvalue weighted by atomic mass is 10.1. The van der Waals surface area contributed by atoms with Crippen LogP contribution in [-0.2, 0) is 36.1 Å².